The van der Waals surface area contributed by atoms with Gasteiger partial charge in [0, 0.05) is 0 Å². The molecule has 2 spiro atoms. The summed E-state index contributed by atoms with van der Waals surface area (Å²) in [7, 11) is 0. The minimum atomic E-state index is -1.64. The summed E-state index contributed by atoms with van der Waals surface area (Å²) in [5.41, 5.74) is -2.98. The predicted octanol–water partition coefficient (Wildman–Crippen LogP) is -0.973. The maximum Gasteiger partial charge on any atom is 0.186 e. The first-order valence-corrected chi connectivity index (χ1v) is 23.8. The van der Waals surface area contributed by atoms with Crippen molar-refractivity contribution in [3.8, 4) is 0 Å². The summed E-state index contributed by atoms with van der Waals surface area (Å²) < 4.78 is 36.8. The van der Waals surface area contributed by atoms with Gasteiger partial charge in [-0.2, -0.15) is 0 Å². The first kappa shape index (κ1) is 49.7. The Morgan fingerprint density at radius 3 is 1.98 bits per heavy atom. The van der Waals surface area contributed by atoms with Crippen LogP contribution in [-0.4, -0.2) is 191 Å². The van der Waals surface area contributed by atoms with Crippen molar-refractivity contribution in [2.75, 3.05) is 19.8 Å². The standard InChI is InChI=1S/C46H78O18/c1-20(8-9-27(51)42(4,5)58)29-24(61-39-35(57)33(55)32(54)25(16-47)62-39)15-44(7)26-14-21(48)37-41(2,3)28(10-11-46(37)19-45(26,46)13-12-43(29,44)6)63-40-36(31(53)23(50)18-60-40)64-38-34(56)30(52)22(49)17-59-38/h20-40,47-58H,8-19H2,1-7H3. The van der Waals surface area contributed by atoms with Gasteiger partial charge in [-0.15, -0.1) is 0 Å². The molecule has 8 rings (SSSR count). The number of hydrogen-bond acceptors (Lipinski definition) is 18. The molecule has 370 valence electrons. The van der Waals surface area contributed by atoms with E-state index in [1.807, 2.05) is 0 Å². The van der Waals surface area contributed by atoms with Crippen LogP contribution in [0.1, 0.15) is 106 Å². The number of aliphatic hydroxyl groups excluding tert-OH is 11. The zero-order valence-electron chi connectivity index (χ0n) is 38.4. The van der Waals surface area contributed by atoms with Crippen LogP contribution in [-0.2, 0) is 28.4 Å². The van der Waals surface area contributed by atoms with Gasteiger partial charge in [-0.1, -0.05) is 34.6 Å². The monoisotopic (exact) mass is 919 g/mol. The highest BCUT2D eigenvalue weighted by atomic mass is 16.8. The normalized spacial score (nSPS) is 54.5. The third kappa shape index (κ3) is 7.68. The Labute approximate surface area is 375 Å². The highest BCUT2D eigenvalue weighted by Gasteiger charge is 2.84. The largest absolute Gasteiger partial charge is 0.394 e. The van der Waals surface area contributed by atoms with Crippen LogP contribution in [0.5, 0.6) is 0 Å². The smallest absolute Gasteiger partial charge is 0.186 e. The van der Waals surface area contributed by atoms with Crippen LogP contribution >= 0.6 is 0 Å². The molecule has 5 aliphatic carbocycles. The first-order chi connectivity index (χ1) is 29.8. The fourth-order valence-corrected chi connectivity index (χ4v) is 15.4. The quantitative estimate of drug-likeness (QED) is 0.105. The van der Waals surface area contributed by atoms with E-state index in [1.165, 1.54) is 0 Å². The Balaban J connectivity index is 1.05. The van der Waals surface area contributed by atoms with E-state index in [1.54, 1.807) is 13.8 Å². The summed E-state index contributed by atoms with van der Waals surface area (Å²) in [4.78, 5) is 0. The molecule has 0 radical (unpaired) electrons. The molecule has 18 nitrogen and oxygen atoms in total. The molecular formula is C46H78O18. The van der Waals surface area contributed by atoms with Gasteiger partial charge in [-0.05, 0) is 122 Å². The molecule has 0 aromatic rings. The van der Waals surface area contributed by atoms with Crippen molar-refractivity contribution in [1.29, 1.82) is 0 Å². The molecule has 25 atom stereocenters. The summed E-state index contributed by atoms with van der Waals surface area (Å²) in [5, 5.41) is 129. The molecule has 18 heteroatoms. The molecule has 0 aromatic heterocycles. The number of aliphatic hydroxyl groups is 12. The topological polar surface area (TPSA) is 298 Å². The number of ether oxygens (including phenoxy) is 6. The Kier molecular flexibility index (Phi) is 13.4. The molecule has 8 fully saturated rings. The summed E-state index contributed by atoms with van der Waals surface area (Å²) in [5.74, 6) is -0.269. The molecule has 5 saturated carbocycles. The molecule has 64 heavy (non-hydrogen) atoms. The molecule has 0 bridgehead atoms. The minimum absolute atomic E-state index is 0.0345. The molecular weight excluding hydrogens is 840 g/mol. The number of fused-ring (bicyclic) bond motifs is 2. The molecule has 3 heterocycles. The fourth-order valence-electron chi connectivity index (χ4n) is 15.4. The Morgan fingerprint density at radius 1 is 0.688 bits per heavy atom. The van der Waals surface area contributed by atoms with Crippen LogP contribution in [0.15, 0.2) is 0 Å². The maximum atomic E-state index is 12.6. The van der Waals surface area contributed by atoms with E-state index in [4.69, 9.17) is 28.4 Å². The average Bonchev–Trinajstić information content (AvgIpc) is 3.81. The van der Waals surface area contributed by atoms with E-state index in [-0.39, 0.29) is 53.1 Å². The highest BCUT2D eigenvalue weighted by Crippen LogP contribution is 2.89. The average molecular weight is 919 g/mol. The zero-order valence-corrected chi connectivity index (χ0v) is 38.4. The van der Waals surface area contributed by atoms with Gasteiger partial charge in [0.2, 0.25) is 0 Å². The van der Waals surface area contributed by atoms with Gasteiger partial charge in [-0.3, -0.25) is 0 Å². The van der Waals surface area contributed by atoms with Gasteiger partial charge in [0.05, 0.1) is 49.8 Å². The van der Waals surface area contributed by atoms with E-state index < -0.39 is 127 Å². The highest BCUT2D eigenvalue weighted by molar-refractivity contribution is 5.32. The number of hydrogen-bond donors (Lipinski definition) is 12. The molecule has 3 aliphatic heterocycles. The molecule has 0 amide bonds. The molecule has 25 unspecified atom stereocenters. The van der Waals surface area contributed by atoms with Crippen LogP contribution in [0.4, 0.5) is 0 Å². The van der Waals surface area contributed by atoms with Gasteiger partial charge >= 0.3 is 0 Å². The molecule has 8 aliphatic rings. The summed E-state index contributed by atoms with van der Waals surface area (Å²) >= 11 is 0. The fraction of sp³-hybridized carbons (Fsp3) is 1.00. The molecule has 12 N–H and O–H groups in total. The van der Waals surface area contributed by atoms with Crippen LogP contribution < -0.4 is 0 Å². The van der Waals surface area contributed by atoms with Crippen molar-refractivity contribution in [1.82, 2.24) is 0 Å². The van der Waals surface area contributed by atoms with Gasteiger partial charge < -0.3 is 89.7 Å². The van der Waals surface area contributed by atoms with E-state index in [9.17, 15) is 61.3 Å². The summed E-state index contributed by atoms with van der Waals surface area (Å²) in [6.07, 6.45) is -15.1. The van der Waals surface area contributed by atoms with Crippen molar-refractivity contribution in [3.05, 3.63) is 0 Å². The zero-order chi connectivity index (χ0) is 46.9. The molecule has 3 saturated heterocycles. The second-order valence-electron chi connectivity index (χ2n) is 23.1. The van der Waals surface area contributed by atoms with Gasteiger partial charge in [-0.25, -0.2) is 0 Å². The summed E-state index contributed by atoms with van der Waals surface area (Å²) in [6.45, 7) is 13.0. The lowest BCUT2D eigenvalue weighted by atomic mass is 9.41. The molecule has 0 aromatic carbocycles. The van der Waals surface area contributed by atoms with E-state index in [0.29, 0.717) is 32.1 Å². The van der Waals surface area contributed by atoms with Gasteiger partial charge in [0.15, 0.2) is 18.9 Å². The van der Waals surface area contributed by atoms with Crippen LogP contribution in [0.2, 0.25) is 0 Å². The maximum absolute atomic E-state index is 12.6. The third-order valence-electron chi connectivity index (χ3n) is 19.0. The van der Waals surface area contributed by atoms with E-state index >= 15 is 0 Å². The minimum Gasteiger partial charge on any atom is -0.394 e. The Bertz CT molecular complexity index is 1650. The lowest BCUT2D eigenvalue weighted by molar-refractivity contribution is -0.356. The van der Waals surface area contributed by atoms with Crippen molar-refractivity contribution in [2.24, 2.45) is 50.7 Å². The number of rotatable bonds is 12. The van der Waals surface area contributed by atoms with E-state index in [0.717, 1.165) is 25.7 Å². The SMILES string of the molecule is CC(CCC(O)C(C)(C)O)C1C(OC2OC(CO)C(O)C(O)C2O)CC2(C)C3CC(O)C4C(C)(C)C(OC5OCC(O)C(O)C5OC5OCC(O)C(O)C5O)CCC45CC35CCC12C. The van der Waals surface area contributed by atoms with Crippen molar-refractivity contribution in [2.45, 2.75) is 216 Å². The van der Waals surface area contributed by atoms with E-state index in [2.05, 4.69) is 34.6 Å². The van der Waals surface area contributed by atoms with Crippen molar-refractivity contribution < 1.29 is 89.7 Å². The summed E-state index contributed by atoms with van der Waals surface area (Å²) in [6, 6.07) is 0. The van der Waals surface area contributed by atoms with Crippen molar-refractivity contribution in [3.63, 3.8) is 0 Å². The second-order valence-corrected chi connectivity index (χ2v) is 23.1. The van der Waals surface area contributed by atoms with Gasteiger partial charge in [0.1, 0.15) is 61.0 Å². The Morgan fingerprint density at radius 2 is 1.33 bits per heavy atom. The Hall–Kier alpha value is -0.720. The predicted molar refractivity (Wildman–Crippen MR) is 222 cm³/mol. The van der Waals surface area contributed by atoms with Crippen LogP contribution in [0.25, 0.3) is 0 Å². The lowest BCUT2D eigenvalue weighted by Gasteiger charge is -2.64. The van der Waals surface area contributed by atoms with Crippen molar-refractivity contribution >= 4 is 0 Å². The van der Waals surface area contributed by atoms with Crippen LogP contribution in [0.3, 0.4) is 0 Å². The second kappa shape index (κ2) is 17.3. The lowest BCUT2D eigenvalue weighted by Crippen LogP contribution is -2.63. The third-order valence-corrected chi connectivity index (χ3v) is 19.0. The first-order valence-electron chi connectivity index (χ1n) is 23.8. The van der Waals surface area contributed by atoms with Crippen LogP contribution in [0, 0.1) is 50.7 Å². The van der Waals surface area contributed by atoms with Gasteiger partial charge in [0.25, 0.3) is 0 Å².